The number of ether oxygens (including phenoxy) is 2. The fourth-order valence-electron chi connectivity index (χ4n) is 3.30. The van der Waals surface area contributed by atoms with Gasteiger partial charge in [0.2, 0.25) is 18.7 Å². The number of hydrogen-bond acceptors (Lipinski definition) is 6. The van der Waals surface area contributed by atoms with E-state index < -0.39 is 0 Å². The molecular weight excluding hydrogens is 436 g/mol. The molecule has 0 radical (unpaired) electrons. The Balaban J connectivity index is 1.52. The molecule has 0 fully saturated rings. The first-order valence-electron chi connectivity index (χ1n) is 10.5. The highest BCUT2D eigenvalue weighted by Gasteiger charge is 2.13. The molecule has 0 bridgehead atoms. The highest BCUT2D eigenvalue weighted by Crippen LogP contribution is 2.32. The summed E-state index contributed by atoms with van der Waals surface area (Å²) in [6.07, 6.45) is 0. The normalized spacial score (nSPS) is 12.4. The van der Waals surface area contributed by atoms with Gasteiger partial charge < -0.3 is 20.1 Å². The lowest BCUT2D eigenvalue weighted by molar-refractivity contribution is 0.174. The van der Waals surface area contributed by atoms with Crippen LogP contribution >= 0.6 is 12.2 Å². The van der Waals surface area contributed by atoms with Crippen LogP contribution in [0.25, 0.3) is 0 Å². The summed E-state index contributed by atoms with van der Waals surface area (Å²) in [6.45, 7) is 8.60. The van der Waals surface area contributed by atoms with Gasteiger partial charge in [-0.15, -0.1) is 0 Å². The summed E-state index contributed by atoms with van der Waals surface area (Å²) in [4.78, 5) is 13.6. The number of aliphatic imine (C=N–C) groups is 1. The van der Waals surface area contributed by atoms with Crippen molar-refractivity contribution in [3.8, 4) is 11.5 Å². The number of rotatable bonds is 4. The Morgan fingerprint density at radius 3 is 2.42 bits per heavy atom. The number of hydrogen-bond donors (Lipinski definition) is 3. The number of guanidine groups is 1. The number of aromatic nitrogens is 2. The van der Waals surface area contributed by atoms with E-state index in [1.165, 1.54) is 11.1 Å². The second kappa shape index (κ2) is 9.83. The first-order valence-corrected chi connectivity index (χ1v) is 10.9. The molecule has 170 valence electrons. The summed E-state index contributed by atoms with van der Waals surface area (Å²) in [5, 5.41) is 9.89. The molecule has 3 N–H and O–H groups in total. The molecule has 0 amide bonds. The molecular formula is C24H26N6O2S. The highest BCUT2D eigenvalue weighted by molar-refractivity contribution is 7.80. The second-order valence-corrected chi connectivity index (χ2v) is 8.24. The van der Waals surface area contributed by atoms with Gasteiger partial charge in [0, 0.05) is 17.1 Å². The minimum atomic E-state index is 0.235. The quantitative estimate of drug-likeness (QED) is 0.299. The standard InChI is InChI=1S/C24H26N6O2S/c1-14-5-7-19(9-15(14)2)28-24(33)30-22(29-23-26-16(3)10-17(4)27-23)25-12-18-6-8-20-21(11-18)32-13-31-20/h5-11H,12-13H2,1-4H3,(H3,25,26,27,28,29,30,33). The van der Waals surface area contributed by atoms with Gasteiger partial charge in [-0.1, -0.05) is 12.1 Å². The molecule has 1 aliphatic heterocycles. The predicted molar refractivity (Wildman–Crippen MR) is 134 cm³/mol. The van der Waals surface area contributed by atoms with Gasteiger partial charge in [0.1, 0.15) is 0 Å². The molecule has 0 saturated heterocycles. The van der Waals surface area contributed by atoms with E-state index in [1.807, 2.05) is 50.2 Å². The molecule has 4 rings (SSSR count). The third kappa shape index (κ3) is 5.95. The van der Waals surface area contributed by atoms with Crippen LogP contribution in [-0.2, 0) is 6.54 Å². The number of nitrogens with one attached hydrogen (secondary N) is 3. The Morgan fingerprint density at radius 2 is 1.67 bits per heavy atom. The summed E-state index contributed by atoms with van der Waals surface area (Å²) >= 11 is 5.53. The second-order valence-electron chi connectivity index (χ2n) is 7.83. The van der Waals surface area contributed by atoms with Crippen molar-refractivity contribution in [2.24, 2.45) is 4.99 Å². The Kier molecular flexibility index (Phi) is 6.69. The Labute approximate surface area is 198 Å². The molecule has 2 aromatic carbocycles. The maximum atomic E-state index is 5.53. The molecule has 0 atom stereocenters. The lowest BCUT2D eigenvalue weighted by Gasteiger charge is -2.15. The SMILES string of the molecule is Cc1cc(C)nc(NC(=NCc2ccc3c(c2)OCO3)NC(=S)Nc2ccc(C)c(C)c2)n1. The van der Waals surface area contributed by atoms with Crippen molar-refractivity contribution in [3.63, 3.8) is 0 Å². The van der Waals surface area contributed by atoms with Gasteiger partial charge in [-0.2, -0.15) is 0 Å². The molecule has 33 heavy (non-hydrogen) atoms. The zero-order valence-electron chi connectivity index (χ0n) is 19.0. The maximum absolute atomic E-state index is 5.53. The molecule has 1 aromatic heterocycles. The van der Waals surface area contributed by atoms with Crippen molar-refractivity contribution in [2.45, 2.75) is 34.2 Å². The van der Waals surface area contributed by atoms with Crippen LogP contribution in [0.15, 0.2) is 47.5 Å². The Morgan fingerprint density at radius 1 is 0.909 bits per heavy atom. The number of nitrogens with zero attached hydrogens (tertiary/aromatic N) is 3. The van der Waals surface area contributed by atoms with Crippen molar-refractivity contribution in [2.75, 3.05) is 17.4 Å². The lowest BCUT2D eigenvalue weighted by Crippen LogP contribution is -2.39. The van der Waals surface area contributed by atoms with E-state index in [1.54, 1.807) is 0 Å². The van der Waals surface area contributed by atoms with Crippen LogP contribution in [0.2, 0.25) is 0 Å². The van der Waals surface area contributed by atoms with Gasteiger partial charge in [0.15, 0.2) is 16.6 Å². The largest absolute Gasteiger partial charge is 0.454 e. The van der Waals surface area contributed by atoms with Gasteiger partial charge in [-0.3, -0.25) is 5.32 Å². The number of thiocarbonyl (C=S) groups is 1. The topological polar surface area (TPSA) is 92.7 Å². The molecule has 0 saturated carbocycles. The molecule has 0 spiro atoms. The zero-order chi connectivity index (χ0) is 23.4. The van der Waals surface area contributed by atoms with Crippen LogP contribution in [0.3, 0.4) is 0 Å². The zero-order valence-corrected chi connectivity index (χ0v) is 19.8. The molecule has 3 aromatic rings. The fourth-order valence-corrected chi connectivity index (χ4v) is 3.51. The van der Waals surface area contributed by atoms with Crippen molar-refractivity contribution in [3.05, 3.63) is 70.5 Å². The summed E-state index contributed by atoms with van der Waals surface area (Å²) in [5.74, 6) is 2.33. The maximum Gasteiger partial charge on any atom is 0.231 e. The van der Waals surface area contributed by atoms with E-state index in [4.69, 9.17) is 21.7 Å². The van der Waals surface area contributed by atoms with Crippen molar-refractivity contribution < 1.29 is 9.47 Å². The van der Waals surface area contributed by atoms with E-state index in [9.17, 15) is 0 Å². The van der Waals surface area contributed by atoms with Crippen LogP contribution in [0.1, 0.15) is 28.1 Å². The van der Waals surface area contributed by atoms with E-state index in [2.05, 4.69) is 50.8 Å². The Hall–Kier alpha value is -3.72. The number of anilines is 2. The van der Waals surface area contributed by atoms with Gasteiger partial charge in [-0.05, 0) is 86.9 Å². The molecule has 0 aliphatic carbocycles. The van der Waals surface area contributed by atoms with Crippen molar-refractivity contribution in [1.82, 2.24) is 15.3 Å². The summed E-state index contributed by atoms with van der Waals surface area (Å²) in [7, 11) is 0. The first-order chi connectivity index (χ1) is 15.9. The summed E-state index contributed by atoms with van der Waals surface area (Å²) in [5.41, 5.74) is 5.98. The molecule has 0 unspecified atom stereocenters. The lowest BCUT2D eigenvalue weighted by atomic mass is 10.1. The highest BCUT2D eigenvalue weighted by atomic mass is 32.1. The van der Waals surface area contributed by atoms with Crippen molar-refractivity contribution >= 4 is 34.9 Å². The van der Waals surface area contributed by atoms with Gasteiger partial charge in [-0.25, -0.2) is 15.0 Å². The van der Waals surface area contributed by atoms with Gasteiger partial charge in [0.05, 0.1) is 6.54 Å². The van der Waals surface area contributed by atoms with E-state index in [0.29, 0.717) is 23.6 Å². The van der Waals surface area contributed by atoms with Crippen LogP contribution in [-0.4, -0.2) is 27.8 Å². The van der Waals surface area contributed by atoms with Crippen LogP contribution < -0.4 is 25.4 Å². The average molecular weight is 463 g/mol. The summed E-state index contributed by atoms with van der Waals surface area (Å²) in [6, 6.07) is 13.8. The third-order valence-electron chi connectivity index (χ3n) is 5.07. The van der Waals surface area contributed by atoms with Gasteiger partial charge >= 0.3 is 0 Å². The van der Waals surface area contributed by atoms with Crippen LogP contribution in [0.4, 0.5) is 11.6 Å². The fraction of sp³-hybridized carbons (Fsp3) is 0.250. The molecule has 2 heterocycles. The van der Waals surface area contributed by atoms with Crippen LogP contribution in [0.5, 0.6) is 11.5 Å². The first kappa shape index (κ1) is 22.5. The average Bonchev–Trinajstić information content (AvgIpc) is 3.22. The minimum absolute atomic E-state index is 0.235. The number of fused-ring (bicyclic) bond motifs is 1. The predicted octanol–water partition coefficient (Wildman–Crippen LogP) is 4.39. The number of aryl methyl sites for hydroxylation is 4. The summed E-state index contributed by atoms with van der Waals surface area (Å²) < 4.78 is 10.8. The molecule has 8 nitrogen and oxygen atoms in total. The molecule has 9 heteroatoms. The minimum Gasteiger partial charge on any atom is -0.454 e. The van der Waals surface area contributed by atoms with Crippen LogP contribution in [0, 0.1) is 27.7 Å². The molecule has 1 aliphatic rings. The third-order valence-corrected chi connectivity index (χ3v) is 5.27. The van der Waals surface area contributed by atoms with Gasteiger partial charge in [0.25, 0.3) is 0 Å². The van der Waals surface area contributed by atoms with E-state index in [-0.39, 0.29) is 6.79 Å². The van der Waals surface area contributed by atoms with Crippen molar-refractivity contribution in [1.29, 1.82) is 0 Å². The smallest absolute Gasteiger partial charge is 0.231 e. The van der Waals surface area contributed by atoms with E-state index in [0.717, 1.165) is 34.1 Å². The number of benzene rings is 2. The van der Waals surface area contributed by atoms with E-state index >= 15 is 0 Å². The Bertz CT molecular complexity index is 1210. The monoisotopic (exact) mass is 462 g/mol.